The molecule has 0 saturated heterocycles. The van der Waals surface area contributed by atoms with E-state index in [-0.39, 0.29) is 35.1 Å². The Morgan fingerprint density at radius 3 is 2.83 bits per heavy atom. The van der Waals surface area contributed by atoms with Gasteiger partial charge in [-0.15, -0.1) is 0 Å². The van der Waals surface area contributed by atoms with Gasteiger partial charge in [-0.05, 0) is 36.8 Å². The second-order valence-corrected chi connectivity index (χ2v) is 6.03. The first-order valence-corrected chi connectivity index (χ1v) is 6.58. The van der Waals surface area contributed by atoms with Gasteiger partial charge in [-0.2, -0.15) is 0 Å². The third-order valence-electron chi connectivity index (χ3n) is 5.00. The molecule has 2 aliphatic carbocycles. The molecule has 1 heterocycles. The largest absolute Gasteiger partial charge is 0.454 e. The first kappa shape index (κ1) is 11.7. The summed E-state index contributed by atoms with van der Waals surface area (Å²) in [5, 5.41) is 0. The van der Waals surface area contributed by atoms with Gasteiger partial charge < -0.3 is 4.74 Å². The normalized spacial score (nSPS) is 42.7. The molecule has 18 heavy (non-hydrogen) atoms. The minimum Gasteiger partial charge on any atom is -0.454 e. The summed E-state index contributed by atoms with van der Waals surface area (Å²) in [6.07, 6.45) is 5.45. The maximum atomic E-state index is 11.9. The summed E-state index contributed by atoms with van der Waals surface area (Å²) < 4.78 is 5.53. The van der Waals surface area contributed by atoms with Crippen molar-refractivity contribution in [1.82, 2.24) is 0 Å². The van der Waals surface area contributed by atoms with Crippen LogP contribution >= 0.6 is 0 Å². The average Bonchev–Trinajstić information content (AvgIpc) is 2.60. The fourth-order valence-electron chi connectivity index (χ4n) is 3.78. The third kappa shape index (κ3) is 1.36. The lowest BCUT2D eigenvalue weighted by Gasteiger charge is -2.47. The number of hydrogen-bond donors (Lipinski definition) is 0. The number of fused-ring (bicyclic) bond motifs is 3. The van der Waals surface area contributed by atoms with E-state index in [0.29, 0.717) is 0 Å². The Hall–Kier alpha value is -1.38. The lowest BCUT2D eigenvalue weighted by molar-refractivity contribution is -0.147. The fraction of sp³-hybridized carbons (Fsp3) is 0.600. The second kappa shape index (κ2) is 3.56. The van der Waals surface area contributed by atoms with Gasteiger partial charge >= 0.3 is 5.97 Å². The number of ketones is 1. The number of carbonyl (C=O) groups excluding carboxylic acids is 2. The van der Waals surface area contributed by atoms with E-state index in [9.17, 15) is 9.59 Å². The van der Waals surface area contributed by atoms with Crippen molar-refractivity contribution in [2.45, 2.75) is 39.7 Å². The van der Waals surface area contributed by atoms with Crippen molar-refractivity contribution in [2.75, 3.05) is 0 Å². The molecule has 0 bridgehead atoms. The zero-order chi connectivity index (χ0) is 13.1. The lowest BCUT2D eigenvalue weighted by atomic mass is 9.57. The van der Waals surface area contributed by atoms with Gasteiger partial charge in [-0.3, -0.25) is 4.79 Å². The Kier molecular flexibility index (Phi) is 2.31. The molecule has 0 aromatic rings. The number of carbonyl (C=O) groups is 2. The SMILES string of the molecule is CC1=C2CC[C@@]3(C)C=CC(=O)[C@@H](C)[C@H]3[C@@H]2OC1=O. The molecule has 3 rings (SSSR count). The van der Waals surface area contributed by atoms with Crippen LogP contribution in [0.5, 0.6) is 0 Å². The van der Waals surface area contributed by atoms with Crippen LogP contribution in [0.25, 0.3) is 0 Å². The van der Waals surface area contributed by atoms with E-state index in [4.69, 9.17) is 4.74 Å². The number of rotatable bonds is 0. The van der Waals surface area contributed by atoms with Crippen molar-refractivity contribution in [3.8, 4) is 0 Å². The quantitative estimate of drug-likeness (QED) is 0.616. The molecule has 4 atom stereocenters. The van der Waals surface area contributed by atoms with Gasteiger partial charge in [0, 0.05) is 17.4 Å². The minimum atomic E-state index is -0.201. The van der Waals surface area contributed by atoms with E-state index in [1.165, 1.54) is 0 Å². The smallest absolute Gasteiger partial charge is 0.334 e. The summed E-state index contributed by atoms with van der Waals surface area (Å²) in [5.41, 5.74) is 1.86. The monoisotopic (exact) mass is 246 g/mol. The molecule has 0 N–H and O–H groups in total. The molecule has 1 aliphatic heterocycles. The average molecular weight is 246 g/mol. The summed E-state index contributed by atoms with van der Waals surface area (Å²) in [5.74, 6) is -0.0214. The van der Waals surface area contributed by atoms with Crippen molar-refractivity contribution in [1.29, 1.82) is 0 Å². The summed E-state index contributed by atoms with van der Waals surface area (Å²) in [4.78, 5) is 23.6. The number of hydrogen-bond acceptors (Lipinski definition) is 3. The predicted octanol–water partition coefficient (Wildman–Crippen LogP) is 2.42. The van der Waals surface area contributed by atoms with Crippen molar-refractivity contribution < 1.29 is 14.3 Å². The van der Waals surface area contributed by atoms with E-state index < -0.39 is 0 Å². The van der Waals surface area contributed by atoms with Gasteiger partial charge in [0.1, 0.15) is 6.10 Å². The molecule has 3 aliphatic rings. The zero-order valence-corrected chi connectivity index (χ0v) is 11.0. The molecule has 0 unspecified atom stereocenters. The summed E-state index contributed by atoms with van der Waals surface area (Å²) in [6, 6.07) is 0. The minimum absolute atomic E-state index is 0.0214. The summed E-state index contributed by atoms with van der Waals surface area (Å²) >= 11 is 0. The number of allylic oxidation sites excluding steroid dienone is 2. The van der Waals surface area contributed by atoms with Crippen molar-refractivity contribution in [2.24, 2.45) is 17.3 Å². The van der Waals surface area contributed by atoms with E-state index in [2.05, 4.69) is 6.92 Å². The third-order valence-corrected chi connectivity index (χ3v) is 5.00. The molecule has 0 spiro atoms. The zero-order valence-electron chi connectivity index (χ0n) is 11.0. The molecule has 3 nitrogen and oxygen atoms in total. The fourth-order valence-corrected chi connectivity index (χ4v) is 3.78. The van der Waals surface area contributed by atoms with Crippen LogP contribution in [0.2, 0.25) is 0 Å². The highest BCUT2D eigenvalue weighted by molar-refractivity contribution is 5.94. The highest BCUT2D eigenvalue weighted by atomic mass is 16.5. The van der Waals surface area contributed by atoms with Gasteiger partial charge in [0.15, 0.2) is 5.78 Å². The first-order valence-electron chi connectivity index (χ1n) is 6.58. The molecule has 96 valence electrons. The Balaban J connectivity index is 2.07. The highest BCUT2D eigenvalue weighted by Crippen LogP contribution is 2.53. The lowest BCUT2D eigenvalue weighted by Crippen LogP contribution is -2.48. The van der Waals surface area contributed by atoms with Crippen LogP contribution in [0.4, 0.5) is 0 Å². The van der Waals surface area contributed by atoms with Crippen LogP contribution in [-0.4, -0.2) is 17.9 Å². The molecule has 0 aromatic heterocycles. The molecule has 3 heteroatoms. The number of ether oxygens (including phenoxy) is 1. The van der Waals surface area contributed by atoms with Crippen molar-refractivity contribution in [3.63, 3.8) is 0 Å². The van der Waals surface area contributed by atoms with Crippen LogP contribution in [0.1, 0.15) is 33.6 Å². The molecule has 0 amide bonds. The summed E-state index contributed by atoms with van der Waals surface area (Å²) in [7, 11) is 0. The van der Waals surface area contributed by atoms with Crippen LogP contribution in [0, 0.1) is 17.3 Å². The maximum absolute atomic E-state index is 11.9. The van der Waals surface area contributed by atoms with E-state index >= 15 is 0 Å². The van der Waals surface area contributed by atoms with Crippen molar-refractivity contribution in [3.05, 3.63) is 23.3 Å². The second-order valence-electron chi connectivity index (χ2n) is 6.03. The Morgan fingerprint density at radius 2 is 2.11 bits per heavy atom. The molecule has 0 aromatic carbocycles. The molecular weight excluding hydrogens is 228 g/mol. The van der Waals surface area contributed by atoms with Gasteiger partial charge in [0.25, 0.3) is 0 Å². The van der Waals surface area contributed by atoms with Crippen molar-refractivity contribution >= 4 is 11.8 Å². The van der Waals surface area contributed by atoms with Crippen LogP contribution < -0.4 is 0 Å². The van der Waals surface area contributed by atoms with Gasteiger partial charge in [0.2, 0.25) is 0 Å². The first-order chi connectivity index (χ1) is 8.44. The predicted molar refractivity (Wildman–Crippen MR) is 66.7 cm³/mol. The van der Waals surface area contributed by atoms with Crippen LogP contribution in [-0.2, 0) is 14.3 Å². The van der Waals surface area contributed by atoms with E-state index in [1.807, 2.05) is 19.9 Å². The molecular formula is C15H18O3. The van der Waals surface area contributed by atoms with E-state index in [0.717, 1.165) is 24.0 Å². The Labute approximate surface area is 107 Å². The highest BCUT2D eigenvalue weighted by Gasteiger charge is 2.53. The maximum Gasteiger partial charge on any atom is 0.334 e. The van der Waals surface area contributed by atoms with Crippen LogP contribution in [0.3, 0.4) is 0 Å². The topological polar surface area (TPSA) is 43.4 Å². The molecule has 0 radical (unpaired) electrons. The van der Waals surface area contributed by atoms with Gasteiger partial charge in [-0.1, -0.05) is 19.9 Å². The van der Waals surface area contributed by atoms with Gasteiger partial charge in [-0.25, -0.2) is 4.79 Å². The number of esters is 1. The van der Waals surface area contributed by atoms with E-state index in [1.54, 1.807) is 6.08 Å². The van der Waals surface area contributed by atoms with Crippen LogP contribution in [0.15, 0.2) is 23.3 Å². The Bertz CT molecular complexity index is 500. The molecule has 1 fully saturated rings. The van der Waals surface area contributed by atoms with Gasteiger partial charge in [0.05, 0.1) is 0 Å². The summed E-state index contributed by atoms with van der Waals surface area (Å²) in [6.45, 7) is 5.97. The Morgan fingerprint density at radius 1 is 1.39 bits per heavy atom. The standard InChI is InChI=1S/C15H18O3/c1-8-10-4-6-15(3)7-5-11(16)9(2)12(15)13(10)18-14(8)17/h5,7,9,12-13H,4,6H2,1-3H3/t9-,12+,13-,15+/m1/s1. The molecule has 1 saturated carbocycles.